The third-order valence-corrected chi connectivity index (χ3v) is 8.42. The fraction of sp³-hybridized carbons (Fsp3) is 0.533. The standard InChI is InChI=1S/C30H32F8O/c1-2-18-3-5-19(6-4-18)20-7-9-21(10-8-20)22-11-12-25(28(33)15-22)30(37,38)39-23-16-26(31)24(27(32)17-23)13-14-29(34,35)36/h11-21H,2-10H2,1H3. The van der Waals surface area contributed by atoms with Crippen LogP contribution >= 0.6 is 0 Å². The Balaban J connectivity index is 1.40. The highest BCUT2D eigenvalue weighted by Gasteiger charge is 2.39. The zero-order chi connectivity index (χ0) is 28.4. The summed E-state index contributed by atoms with van der Waals surface area (Å²) in [6.07, 6.45) is 0.743. The maximum Gasteiger partial charge on any atom is 0.429 e. The lowest BCUT2D eigenvalue weighted by Crippen LogP contribution is -2.26. The van der Waals surface area contributed by atoms with Crippen LogP contribution in [0, 0.1) is 35.2 Å². The molecular formula is C30H32F8O. The van der Waals surface area contributed by atoms with Crippen LogP contribution in [0.2, 0.25) is 0 Å². The summed E-state index contributed by atoms with van der Waals surface area (Å²) in [6, 6.07) is 4.06. The summed E-state index contributed by atoms with van der Waals surface area (Å²) >= 11 is 0. The number of benzene rings is 2. The van der Waals surface area contributed by atoms with Crippen molar-refractivity contribution in [3.05, 3.63) is 70.5 Å². The van der Waals surface area contributed by atoms with Gasteiger partial charge in [-0.2, -0.15) is 22.0 Å². The van der Waals surface area contributed by atoms with Gasteiger partial charge in [-0.15, -0.1) is 0 Å². The second kappa shape index (κ2) is 11.9. The SMILES string of the molecule is CCC1CCC(C2CCC(c3ccc(C(F)(F)Oc4cc(F)c(C=CC(F)(F)F)c(F)c4)c(F)c3)CC2)CC1. The predicted molar refractivity (Wildman–Crippen MR) is 133 cm³/mol. The van der Waals surface area contributed by atoms with Gasteiger partial charge >= 0.3 is 12.3 Å². The topological polar surface area (TPSA) is 9.23 Å². The number of hydrogen-bond donors (Lipinski definition) is 0. The highest BCUT2D eigenvalue weighted by molar-refractivity contribution is 5.53. The van der Waals surface area contributed by atoms with Gasteiger partial charge in [-0.3, -0.25) is 0 Å². The van der Waals surface area contributed by atoms with Crippen molar-refractivity contribution in [2.24, 2.45) is 17.8 Å². The largest absolute Gasteiger partial charge is 0.429 e. The van der Waals surface area contributed by atoms with Gasteiger partial charge in [-0.25, -0.2) is 13.2 Å². The van der Waals surface area contributed by atoms with Crippen LogP contribution in [0.3, 0.4) is 0 Å². The van der Waals surface area contributed by atoms with Crippen molar-refractivity contribution in [1.29, 1.82) is 0 Å². The predicted octanol–water partition coefficient (Wildman–Crippen LogP) is 10.3. The smallest absolute Gasteiger partial charge is 0.429 e. The van der Waals surface area contributed by atoms with Crippen molar-refractivity contribution in [2.75, 3.05) is 0 Å². The molecule has 1 nitrogen and oxygen atoms in total. The third kappa shape index (κ3) is 7.34. The van der Waals surface area contributed by atoms with Crippen LogP contribution in [0.1, 0.15) is 87.3 Å². The van der Waals surface area contributed by atoms with E-state index in [4.69, 9.17) is 0 Å². The molecule has 214 valence electrons. The van der Waals surface area contributed by atoms with Crippen LogP contribution in [0.15, 0.2) is 36.4 Å². The van der Waals surface area contributed by atoms with Crippen LogP contribution in [-0.2, 0) is 6.11 Å². The second-order valence-corrected chi connectivity index (χ2v) is 10.8. The summed E-state index contributed by atoms with van der Waals surface area (Å²) in [5.41, 5.74) is -1.55. The van der Waals surface area contributed by atoms with Gasteiger partial charge in [-0.1, -0.05) is 32.3 Å². The lowest BCUT2D eigenvalue weighted by atomic mass is 9.68. The highest BCUT2D eigenvalue weighted by atomic mass is 19.4. The van der Waals surface area contributed by atoms with E-state index in [0.29, 0.717) is 23.6 Å². The lowest BCUT2D eigenvalue weighted by Gasteiger charge is -2.38. The molecule has 0 amide bonds. The summed E-state index contributed by atoms with van der Waals surface area (Å²) in [6.45, 7) is 2.24. The molecule has 0 N–H and O–H groups in total. The van der Waals surface area contributed by atoms with Crippen molar-refractivity contribution in [1.82, 2.24) is 0 Å². The monoisotopic (exact) mass is 560 g/mol. The molecule has 9 heteroatoms. The Hall–Kier alpha value is -2.58. The molecule has 0 radical (unpaired) electrons. The number of ether oxygens (including phenoxy) is 1. The minimum absolute atomic E-state index is 0.0619. The normalized spacial score (nSPS) is 24.7. The molecule has 0 aromatic heterocycles. The maximum absolute atomic E-state index is 14.9. The highest BCUT2D eigenvalue weighted by Crippen LogP contribution is 2.45. The van der Waals surface area contributed by atoms with Gasteiger partial charge in [0, 0.05) is 23.8 Å². The molecular weight excluding hydrogens is 528 g/mol. The average Bonchev–Trinajstić information content (AvgIpc) is 2.87. The van der Waals surface area contributed by atoms with Gasteiger partial charge in [0.15, 0.2) is 0 Å². The summed E-state index contributed by atoms with van der Waals surface area (Å²) in [5.74, 6) is -3.00. The van der Waals surface area contributed by atoms with E-state index in [1.165, 1.54) is 38.2 Å². The summed E-state index contributed by atoms with van der Waals surface area (Å²) in [4.78, 5) is 0. The number of rotatable bonds is 7. The lowest BCUT2D eigenvalue weighted by molar-refractivity contribution is -0.187. The molecule has 2 aromatic rings. The molecule has 0 atom stereocenters. The summed E-state index contributed by atoms with van der Waals surface area (Å²) in [7, 11) is 0. The summed E-state index contributed by atoms with van der Waals surface area (Å²) in [5, 5.41) is 0. The van der Waals surface area contributed by atoms with Crippen LogP contribution < -0.4 is 4.74 Å². The van der Waals surface area contributed by atoms with E-state index in [0.717, 1.165) is 49.7 Å². The van der Waals surface area contributed by atoms with Crippen molar-refractivity contribution in [3.63, 3.8) is 0 Å². The Labute approximate surface area is 223 Å². The van der Waals surface area contributed by atoms with Gasteiger partial charge in [0.25, 0.3) is 0 Å². The molecule has 2 fully saturated rings. The molecule has 2 aliphatic rings. The van der Waals surface area contributed by atoms with Crippen molar-refractivity contribution in [3.8, 4) is 5.75 Å². The fourth-order valence-corrected chi connectivity index (χ4v) is 6.17. The Morgan fingerprint density at radius 3 is 1.85 bits per heavy atom. The van der Waals surface area contributed by atoms with Gasteiger partial charge in [-0.05, 0) is 86.0 Å². The molecule has 0 bridgehead atoms. The first kappa shape index (κ1) is 29.4. The van der Waals surface area contributed by atoms with Gasteiger partial charge in [0.2, 0.25) is 0 Å². The van der Waals surface area contributed by atoms with Gasteiger partial charge < -0.3 is 4.74 Å². The quantitative estimate of drug-likeness (QED) is 0.306. The van der Waals surface area contributed by atoms with E-state index < -0.39 is 46.6 Å². The van der Waals surface area contributed by atoms with Gasteiger partial charge in [0.05, 0.1) is 5.56 Å². The number of allylic oxidation sites excluding steroid dienone is 1. The van der Waals surface area contributed by atoms with Crippen LogP contribution in [-0.4, -0.2) is 6.18 Å². The van der Waals surface area contributed by atoms with Crippen LogP contribution in [0.4, 0.5) is 35.1 Å². The molecule has 2 aliphatic carbocycles. The second-order valence-electron chi connectivity index (χ2n) is 10.8. The minimum Gasteiger partial charge on any atom is -0.429 e. The zero-order valence-corrected chi connectivity index (χ0v) is 21.6. The molecule has 0 unspecified atom stereocenters. The molecule has 0 spiro atoms. The van der Waals surface area contributed by atoms with E-state index in [-0.39, 0.29) is 18.1 Å². The van der Waals surface area contributed by atoms with E-state index in [9.17, 15) is 35.1 Å². The molecule has 4 rings (SSSR count). The first-order valence-corrected chi connectivity index (χ1v) is 13.5. The van der Waals surface area contributed by atoms with Crippen LogP contribution in [0.5, 0.6) is 5.75 Å². The number of hydrogen-bond acceptors (Lipinski definition) is 1. The molecule has 0 heterocycles. The van der Waals surface area contributed by atoms with E-state index in [1.54, 1.807) is 0 Å². The minimum atomic E-state index is -4.82. The third-order valence-electron chi connectivity index (χ3n) is 8.42. The van der Waals surface area contributed by atoms with Crippen LogP contribution in [0.25, 0.3) is 6.08 Å². The number of alkyl halides is 5. The molecule has 0 saturated heterocycles. The maximum atomic E-state index is 14.9. The first-order chi connectivity index (χ1) is 18.4. The molecule has 39 heavy (non-hydrogen) atoms. The van der Waals surface area contributed by atoms with E-state index >= 15 is 0 Å². The first-order valence-electron chi connectivity index (χ1n) is 13.5. The van der Waals surface area contributed by atoms with Crippen molar-refractivity contribution in [2.45, 2.75) is 82.9 Å². The Kier molecular flexibility index (Phi) is 8.96. The summed E-state index contributed by atoms with van der Waals surface area (Å²) < 4.78 is 114. The van der Waals surface area contributed by atoms with Crippen molar-refractivity contribution < 1.29 is 39.9 Å². The Bertz CT molecular complexity index is 1130. The Morgan fingerprint density at radius 2 is 1.33 bits per heavy atom. The zero-order valence-electron chi connectivity index (χ0n) is 21.6. The fourth-order valence-electron chi connectivity index (χ4n) is 6.17. The van der Waals surface area contributed by atoms with Gasteiger partial charge in [0.1, 0.15) is 23.2 Å². The Morgan fingerprint density at radius 1 is 0.769 bits per heavy atom. The van der Waals surface area contributed by atoms with Crippen molar-refractivity contribution >= 4 is 6.08 Å². The van der Waals surface area contributed by atoms with E-state index in [2.05, 4.69) is 11.7 Å². The van der Waals surface area contributed by atoms with E-state index in [1.807, 2.05) is 0 Å². The molecule has 2 aromatic carbocycles. The molecule has 2 saturated carbocycles. The average molecular weight is 561 g/mol. The number of halogens is 8. The molecule has 0 aliphatic heterocycles.